The molecular formula is C18H23NS. The number of nitrogens with one attached hydrogen (secondary N) is 1. The maximum absolute atomic E-state index is 3.74. The minimum absolute atomic E-state index is 0.511. The molecule has 1 saturated carbocycles. The molecule has 0 saturated heterocycles. The van der Waals surface area contributed by atoms with Gasteiger partial charge in [0.2, 0.25) is 0 Å². The minimum Gasteiger partial charge on any atom is -0.377 e. The van der Waals surface area contributed by atoms with Crippen LogP contribution in [0.25, 0.3) is 0 Å². The first-order valence-electron chi connectivity index (χ1n) is 7.75. The Balaban J connectivity index is 1.66. The van der Waals surface area contributed by atoms with Crippen LogP contribution in [0.2, 0.25) is 0 Å². The van der Waals surface area contributed by atoms with Crippen molar-refractivity contribution in [2.24, 2.45) is 5.92 Å². The predicted octanol–water partition coefficient (Wildman–Crippen LogP) is 5.65. The Morgan fingerprint density at radius 1 is 1.20 bits per heavy atom. The van der Waals surface area contributed by atoms with Gasteiger partial charge in [-0.25, -0.2) is 0 Å². The van der Waals surface area contributed by atoms with Crippen molar-refractivity contribution in [2.45, 2.75) is 45.1 Å². The summed E-state index contributed by atoms with van der Waals surface area (Å²) < 4.78 is 0. The monoisotopic (exact) mass is 285 g/mol. The Hall–Kier alpha value is -1.28. The fourth-order valence-electron chi connectivity index (χ4n) is 2.65. The lowest BCUT2D eigenvalue weighted by Crippen LogP contribution is -2.11. The van der Waals surface area contributed by atoms with Gasteiger partial charge in [-0.15, -0.1) is 11.3 Å². The van der Waals surface area contributed by atoms with E-state index in [9.17, 15) is 0 Å². The molecule has 2 heteroatoms. The highest BCUT2D eigenvalue weighted by atomic mass is 32.1. The largest absolute Gasteiger partial charge is 0.377 e. The van der Waals surface area contributed by atoms with Gasteiger partial charge in [0.05, 0.1) is 6.04 Å². The Labute approximate surface area is 126 Å². The quantitative estimate of drug-likeness (QED) is 0.692. The molecule has 1 aliphatic rings. The van der Waals surface area contributed by atoms with Gasteiger partial charge in [-0.3, -0.25) is 0 Å². The molecule has 1 aromatic carbocycles. The van der Waals surface area contributed by atoms with E-state index in [1.54, 1.807) is 0 Å². The van der Waals surface area contributed by atoms with Crippen LogP contribution in [0, 0.1) is 5.92 Å². The molecule has 1 aromatic heterocycles. The van der Waals surface area contributed by atoms with E-state index >= 15 is 0 Å². The van der Waals surface area contributed by atoms with Crippen molar-refractivity contribution >= 4 is 17.0 Å². The van der Waals surface area contributed by atoms with Crippen LogP contribution in [-0.2, 0) is 6.42 Å². The molecule has 1 heterocycles. The van der Waals surface area contributed by atoms with E-state index in [1.807, 2.05) is 11.3 Å². The van der Waals surface area contributed by atoms with E-state index in [-0.39, 0.29) is 0 Å². The zero-order valence-electron chi connectivity index (χ0n) is 12.1. The molecule has 0 bridgehead atoms. The Kier molecular flexibility index (Phi) is 4.41. The Morgan fingerprint density at radius 2 is 2.00 bits per heavy atom. The molecule has 0 aliphatic heterocycles. The van der Waals surface area contributed by atoms with Crippen molar-refractivity contribution in [1.82, 2.24) is 0 Å². The number of benzene rings is 1. The number of hydrogen-bond donors (Lipinski definition) is 1. The molecule has 2 aromatic rings. The average Bonchev–Trinajstić information content (AvgIpc) is 3.18. The van der Waals surface area contributed by atoms with Crippen molar-refractivity contribution < 1.29 is 0 Å². The highest BCUT2D eigenvalue weighted by molar-refractivity contribution is 7.10. The normalized spacial score (nSPS) is 16.1. The summed E-state index contributed by atoms with van der Waals surface area (Å²) in [6.45, 7) is 2.25. The second-order valence-electron chi connectivity index (χ2n) is 5.78. The molecule has 1 fully saturated rings. The maximum Gasteiger partial charge on any atom is 0.0634 e. The van der Waals surface area contributed by atoms with E-state index in [4.69, 9.17) is 0 Å². The molecule has 20 heavy (non-hydrogen) atoms. The van der Waals surface area contributed by atoms with Gasteiger partial charge in [-0.05, 0) is 60.7 Å². The molecule has 1 nitrogen and oxygen atoms in total. The summed E-state index contributed by atoms with van der Waals surface area (Å²) in [4.78, 5) is 1.47. The third kappa shape index (κ3) is 3.43. The summed E-state index contributed by atoms with van der Waals surface area (Å²) in [6, 6.07) is 14.0. The van der Waals surface area contributed by atoms with Crippen molar-refractivity contribution in [3.8, 4) is 0 Å². The first kappa shape index (κ1) is 13.7. The molecule has 1 atom stereocenters. The van der Waals surface area contributed by atoms with Gasteiger partial charge in [-0.1, -0.05) is 31.5 Å². The third-order valence-electron chi connectivity index (χ3n) is 4.04. The Morgan fingerprint density at radius 3 is 2.60 bits per heavy atom. The number of anilines is 1. The van der Waals surface area contributed by atoms with Crippen molar-refractivity contribution in [2.75, 3.05) is 5.32 Å². The van der Waals surface area contributed by atoms with Crippen LogP contribution < -0.4 is 5.32 Å². The fourth-order valence-corrected chi connectivity index (χ4v) is 3.52. The maximum atomic E-state index is 3.74. The lowest BCUT2D eigenvalue weighted by molar-refractivity contribution is 0.691. The van der Waals surface area contributed by atoms with Crippen LogP contribution in [0.3, 0.4) is 0 Å². The van der Waals surface area contributed by atoms with Crippen LogP contribution in [0.4, 0.5) is 5.69 Å². The Bertz CT molecular complexity index is 511. The fraction of sp³-hybridized carbons (Fsp3) is 0.444. The highest BCUT2D eigenvalue weighted by Gasteiger charge is 2.32. The number of hydrogen-bond acceptors (Lipinski definition) is 2. The van der Waals surface area contributed by atoms with Crippen LogP contribution >= 0.6 is 11.3 Å². The molecule has 0 amide bonds. The molecule has 0 radical (unpaired) electrons. The zero-order valence-corrected chi connectivity index (χ0v) is 13.0. The predicted molar refractivity (Wildman–Crippen MR) is 88.5 cm³/mol. The lowest BCUT2D eigenvalue weighted by Gasteiger charge is -2.18. The van der Waals surface area contributed by atoms with E-state index in [1.165, 1.54) is 48.2 Å². The summed E-state index contributed by atoms with van der Waals surface area (Å²) in [5.41, 5.74) is 2.71. The summed E-state index contributed by atoms with van der Waals surface area (Å²) in [7, 11) is 0. The molecule has 106 valence electrons. The van der Waals surface area contributed by atoms with Gasteiger partial charge in [0.1, 0.15) is 0 Å². The number of unbranched alkanes of at least 4 members (excludes halogenated alkanes) is 1. The van der Waals surface area contributed by atoms with Crippen molar-refractivity contribution in [3.63, 3.8) is 0 Å². The topological polar surface area (TPSA) is 12.0 Å². The summed E-state index contributed by atoms with van der Waals surface area (Å²) in [5, 5.41) is 5.92. The van der Waals surface area contributed by atoms with Crippen molar-refractivity contribution in [1.29, 1.82) is 0 Å². The number of rotatable bonds is 7. The zero-order chi connectivity index (χ0) is 13.8. The average molecular weight is 285 g/mol. The van der Waals surface area contributed by atoms with Crippen LogP contribution in [-0.4, -0.2) is 0 Å². The molecule has 0 spiro atoms. The molecule has 1 unspecified atom stereocenters. The van der Waals surface area contributed by atoms with Gasteiger partial charge >= 0.3 is 0 Å². The number of thiophene rings is 1. The smallest absolute Gasteiger partial charge is 0.0634 e. The standard InChI is InChI=1S/C18H23NS/c1-2-3-5-14-7-11-16(12-8-14)19-18(15-9-10-15)17-6-4-13-20-17/h4,6-8,11-13,15,18-19H,2-3,5,9-10H2,1H3. The SMILES string of the molecule is CCCCc1ccc(NC(c2cccs2)C2CC2)cc1. The first-order valence-corrected chi connectivity index (χ1v) is 8.63. The summed E-state index contributed by atoms with van der Waals surface area (Å²) in [5.74, 6) is 0.827. The van der Waals surface area contributed by atoms with Gasteiger partial charge < -0.3 is 5.32 Å². The van der Waals surface area contributed by atoms with Gasteiger partial charge in [-0.2, -0.15) is 0 Å². The van der Waals surface area contributed by atoms with Crippen LogP contribution in [0.15, 0.2) is 41.8 Å². The first-order chi connectivity index (χ1) is 9.86. The molecule has 1 N–H and O–H groups in total. The van der Waals surface area contributed by atoms with E-state index in [0.29, 0.717) is 6.04 Å². The second-order valence-corrected chi connectivity index (χ2v) is 6.75. The number of aryl methyl sites for hydroxylation is 1. The summed E-state index contributed by atoms with van der Waals surface area (Å²) >= 11 is 1.87. The van der Waals surface area contributed by atoms with Crippen molar-refractivity contribution in [3.05, 3.63) is 52.2 Å². The van der Waals surface area contributed by atoms with E-state index in [2.05, 4.69) is 54.0 Å². The van der Waals surface area contributed by atoms with Gasteiger partial charge in [0, 0.05) is 10.6 Å². The lowest BCUT2D eigenvalue weighted by atomic mass is 10.1. The summed E-state index contributed by atoms with van der Waals surface area (Å²) in [6.07, 6.45) is 6.48. The van der Waals surface area contributed by atoms with Crippen LogP contribution in [0.5, 0.6) is 0 Å². The van der Waals surface area contributed by atoms with Gasteiger partial charge in [0.15, 0.2) is 0 Å². The molecule has 3 rings (SSSR count). The van der Waals surface area contributed by atoms with E-state index < -0.39 is 0 Å². The second kappa shape index (κ2) is 6.45. The molecular weight excluding hydrogens is 262 g/mol. The highest BCUT2D eigenvalue weighted by Crippen LogP contribution is 2.44. The van der Waals surface area contributed by atoms with Crippen LogP contribution in [0.1, 0.15) is 49.1 Å². The molecule has 1 aliphatic carbocycles. The van der Waals surface area contributed by atoms with Gasteiger partial charge in [0.25, 0.3) is 0 Å². The minimum atomic E-state index is 0.511. The third-order valence-corrected chi connectivity index (χ3v) is 4.99. The van der Waals surface area contributed by atoms with E-state index in [0.717, 1.165) is 5.92 Å².